The molecule has 0 unspecified atom stereocenters. The Kier molecular flexibility index (Phi) is 3.88. The van der Waals surface area contributed by atoms with Gasteiger partial charge in [0, 0.05) is 0 Å². The molecule has 5 nitrogen and oxygen atoms in total. The fourth-order valence-electron chi connectivity index (χ4n) is 1.99. The molecule has 0 aromatic carbocycles. The number of nitrogens with zero attached hydrogens (tertiary/aromatic N) is 1. The Labute approximate surface area is 94.8 Å². The molecule has 1 N–H and O–H groups in total. The van der Waals surface area contributed by atoms with Crippen LogP contribution in [0.2, 0.25) is 0 Å². The molecule has 0 atom stereocenters. The Morgan fingerprint density at radius 2 is 2.19 bits per heavy atom. The second-order valence-corrected chi connectivity index (χ2v) is 4.20. The number of carbonyl (C=O) groups excluding carboxylic acids is 2. The molecule has 0 aromatic heterocycles. The molecule has 1 aliphatic rings. The summed E-state index contributed by atoms with van der Waals surface area (Å²) in [4.78, 5) is 22.7. The second-order valence-electron chi connectivity index (χ2n) is 4.20. The van der Waals surface area contributed by atoms with Crippen LogP contribution in [0.1, 0.15) is 26.7 Å². The van der Waals surface area contributed by atoms with Gasteiger partial charge in [-0.1, -0.05) is 6.92 Å². The van der Waals surface area contributed by atoms with Gasteiger partial charge in [-0.15, -0.1) is 0 Å². The third-order valence-electron chi connectivity index (χ3n) is 2.74. The largest absolute Gasteiger partial charge is 0.465 e. The van der Waals surface area contributed by atoms with Crippen molar-refractivity contribution >= 4 is 11.9 Å². The van der Waals surface area contributed by atoms with E-state index in [1.54, 1.807) is 6.92 Å². The highest BCUT2D eigenvalue weighted by Crippen LogP contribution is 2.44. The van der Waals surface area contributed by atoms with Crippen LogP contribution in [0.4, 0.5) is 0 Å². The van der Waals surface area contributed by atoms with E-state index in [4.69, 9.17) is 5.26 Å². The number of carbonyl (C=O) groups is 2. The molecule has 0 aliphatic heterocycles. The lowest BCUT2D eigenvalue weighted by molar-refractivity contribution is -0.145. The fourth-order valence-corrected chi connectivity index (χ4v) is 1.99. The predicted molar refractivity (Wildman–Crippen MR) is 56.1 cm³/mol. The highest BCUT2D eigenvalue weighted by molar-refractivity contribution is 5.89. The minimum atomic E-state index is -0.925. The molecule has 88 valence electrons. The van der Waals surface area contributed by atoms with Gasteiger partial charge in [0.1, 0.15) is 12.0 Å². The van der Waals surface area contributed by atoms with Gasteiger partial charge in [-0.05, 0) is 25.7 Å². The maximum Gasteiger partial charge on any atom is 0.325 e. The van der Waals surface area contributed by atoms with Gasteiger partial charge in [0.2, 0.25) is 5.91 Å². The van der Waals surface area contributed by atoms with E-state index in [0.717, 1.165) is 0 Å². The topological polar surface area (TPSA) is 79.2 Å². The lowest BCUT2D eigenvalue weighted by Crippen LogP contribution is -2.49. The Morgan fingerprint density at radius 1 is 1.56 bits per heavy atom. The summed E-state index contributed by atoms with van der Waals surface area (Å²) in [5, 5.41) is 11.4. The van der Waals surface area contributed by atoms with Crippen molar-refractivity contribution in [3.05, 3.63) is 0 Å². The lowest BCUT2D eigenvalue weighted by Gasteiger charge is -2.39. The number of esters is 1. The number of nitriles is 1. The van der Waals surface area contributed by atoms with Crippen molar-refractivity contribution in [3.63, 3.8) is 0 Å². The average molecular weight is 224 g/mol. The minimum Gasteiger partial charge on any atom is -0.465 e. The van der Waals surface area contributed by atoms with E-state index >= 15 is 0 Å². The lowest BCUT2D eigenvalue weighted by atomic mass is 9.63. The predicted octanol–water partition coefficient (Wildman–Crippen LogP) is 0.606. The summed E-state index contributed by atoms with van der Waals surface area (Å²) in [5.74, 6) is -0.439. The van der Waals surface area contributed by atoms with E-state index in [1.807, 2.05) is 13.0 Å². The van der Waals surface area contributed by atoms with Crippen molar-refractivity contribution in [1.82, 2.24) is 5.32 Å². The summed E-state index contributed by atoms with van der Waals surface area (Å²) in [6.45, 7) is 3.82. The van der Waals surface area contributed by atoms with Crippen LogP contribution >= 0.6 is 0 Å². The smallest absolute Gasteiger partial charge is 0.325 e. The van der Waals surface area contributed by atoms with Crippen LogP contribution in [0.25, 0.3) is 0 Å². The zero-order valence-corrected chi connectivity index (χ0v) is 9.58. The molecule has 0 radical (unpaired) electrons. The first-order valence-corrected chi connectivity index (χ1v) is 5.39. The average Bonchev–Trinajstić information content (AvgIpc) is 2.21. The van der Waals surface area contributed by atoms with E-state index in [-0.39, 0.29) is 19.1 Å². The van der Waals surface area contributed by atoms with Crippen molar-refractivity contribution in [1.29, 1.82) is 5.26 Å². The molecule has 5 heteroatoms. The highest BCUT2D eigenvalue weighted by Gasteiger charge is 2.48. The quantitative estimate of drug-likeness (QED) is 0.709. The van der Waals surface area contributed by atoms with E-state index < -0.39 is 11.4 Å². The molecule has 16 heavy (non-hydrogen) atoms. The number of ether oxygens (including phenoxy) is 1. The van der Waals surface area contributed by atoms with Gasteiger partial charge < -0.3 is 10.1 Å². The summed E-state index contributed by atoms with van der Waals surface area (Å²) in [5.41, 5.74) is -0.925. The Morgan fingerprint density at radius 3 is 2.62 bits per heavy atom. The minimum absolute atomic E-state index is 0.162. The van der Waals surface area contributed by atoms with Crippen LogP contribution in [0, 0.1) is 22.7 Å². The number of amides is 1. The van der Waals surface area contributed by atoms with E-state index in [1.165, 1.54) is 0 Å². The fraction of sp³-hybridized carbons (Fsp3) is 0.727. The number of nitrogens with one attached hydrogen (secondary N) is 1. The molecule has 1 aliphatic carbocycles. The molecule has 0 aromatic rings. The molecule has 0 spiro atoms. The summed E-state index contributed by atoms with van der Waals surface area (Å²) < 4.78 is 4.67. The maximum absolute atomic E-state index is 11.7. The number of hydrogen-bond acceptors (Lipinski definition) is 4. The standard InChI is InChI=1S/C11H16N2O3/c1-3-16-9(14)6-13-10(15)11(7-12)4-8(2)5-11/h8H,3-6H2,1-2H3,(H,13,15). The van der Waals surface area contributed by atoms with Crippen LogP contribution < -0.4 is 5.32 Å². The van der Waals surface area contributed by atoms with Gasteiger partial charge >= 0.3 is 5.97 Å². The first-order valence-electron chi connectivity index (χ1n) is 5.39. The molecular weight excluding hydrogens is 208 g/mol. The van der Waals surface area contributed by atoms with Gasteiger partial charge in [0.15, 0.2) is 0 Å². The van der Waals surface area contributed by atoms with E-state index in [0.29, 0.717) is 18.8 Å². The molecule has 1 rings (SSSR count). The van der Waals surface area contributed by atoms with Gasteiger partial charge in [0.05, 0.1) is 12.7 Å². The van der Waals surface area contributed by atoms with Gasteiger partial charge in [0.25, 0.3) is 0 Å². The van der Waals surface area contributed by atoms with Crippen molar-refractivity contribution in [2.75, 3.05) is 13.2 Å². The monoisotopic (exact) mass is 224 g/mol. The summed E-state index contributed by atoms with van der Waals surface area (Å²) in [6.07, 6.45) is 1.14. The second kappa shape index (κ2) is 4.97. The maximum atomic E-state index is 11.7. The molecule has 1 amide bonds. The third-order valence-corrected chi connectivity index (χ3v) is 2.74. The SMILES string of the molecule is CCOC(=O)CNC(=O)C1(C#N)CC(C)C1. The van der Waals surface area contributed by atoms with Crippen molar-refractivity contribution in [2.45, 2.75) is 26.7 Å². The Hall–Kier alpha value is -1.57. The van der Waals surface area contributed by atoms with E-state index in [2.05, 4.69) is 10.1 Å². The first-order chi connectivity index (χ1) is 7.54. The normalized spacial score (nSPS) is 27.4. The summed E-state index contributed by atoms with van der Waals surface area (Å²) in [7, 11) is 0. The molecule has 0 bridgehead atoms. The van der Waals surface area contributed by atoms with Crippen LogP contribution in [-0.4, -0.2) is 25.0 Å². The molecule has 1 saturated carbocycles. The number of hydrogen-bond donors (Lipinski definition) is 1. The molecule has 0 saturated heterocycles. The number of rotatable bonds is 4. The zero-order chi connectivity index (χ0) is 12.2. The Bertz CT molecular complexity index is 327. The third kappa shape index (κ3) is 2.51. The first kappa shape index (κ1) is 12.5. The van der Waals surface area contributed by atoms with Gasteiger partial charge in [-0.2, -0.15) is 5.26 Å². The molecular formula is C11H16N2O3. The van der Waals surface area contributed by atoms with Crippen molar-refractivity contribution in [2.24, 2.45) is 11.3 Å². The summed E-state index contributed by atoms with van der Waals surface area (Å²) >= 11 is 0. The van der Waals surface area contributed by atoms with Crippen molar-refractivity contribution in [3.8, 4) is 6.07 Å². The van der Waals surface area contributed by atoms with Crippen LogP contribution in [0.3, 0.4) is 0 Å². The molecule has 1 fully saturated rings. The van der Waals surface area contributed by atoms with Crippen LogP contribution in [0.5, 0.6) is 0 Å². The van der Waals surface area contributed by atoms with Crippen LogP contribution in [-0.2, 0) is 14.3 Å². The van der Waals surface area contributed by atoms with Gasteiger partial charge in [-0.3, -0.25) is 9.59 Å². The van der Waals surface area contributed by atoms with Crippen LogP contribution in [0.15, 0.2) is 0 Å². The molecule has 0 heterocycles. The van der Waals surface area contributed by atoms with E-state index in [9.17, 15) is 9.59 Å². The zero-order valence-electron chi connectivity index (χ0n) is 9.58. The highest BCUT2D eigenvalue weighted by atomic mass is 16.5. The van der Waals surface area contributed by atoms with Gasteiger partial charge in [-0.25, -0.2) is 0 Å². The van der Waals surface area contributed by atoms with Crippen molar-refractivity contribution < 1.29 is 14.3 Å². The summed E-state index contributed by atoms with van der Waals surface area (Å²) in [6, 6.07) is 2.04. The Balaban J connectivity index is 2.41.